The second-order valence-electron chi connectivity index (χ2n) is 6.77. The third kappa shape index (κ3) is 4.68. The van der Waals surface area contributed by atoms with Crippen LogP contribution in [0.4, 0.5) is 0 Å². The van der Waals surface area contributed by atoms with Crippen LogP contribution in [0.1, 0.15) is 48.5 Å². The lowest BCUT2D eigenvalue weighted by Gasteiger charge is -2.24. The molecule has 24 heavy (non-hydrogen) atoms. The Morgan fingerprint density at radius 2 is 1.54 bits per heavy atom. The van der Waals surface area contributed by atoms with Crippen LogP contribution in [0.25, 0.3) is 0 Å². The van der Waals surface area contributed by atoms with Gasteiger partial charge < -0.3 is 9.64 Å². The molecule has 0 radical (unpaired) electrons. The van der Waals surface area contributed by atoms with E-state index in [1.807, 2.05) is 0 Å². The molecule has 0 aromatic heterocycles. The molecule has 0 aliphatic carbocycles. The fourth-order valence-electron chi connectivity index (χ4n) is 3.53. The fourth-order valence-corrected chi connectivity index (χ4v) is 3.53. The average molecular weight is 323 g/mol. The third-order valence-corrected chi connectivity index (χ3v) is 4.96. The second-order valence-corrected chi connectivity index (χ2v) is 6.77. The van der Waals surface area contributed by atoms with Crippen LogP contribution in [0, 0.1) is 6.92 Å². The Labute approximate surface area is 146 Å². The molecule has 3 rings (SSSR count). The van der Waals surface area contributed by atoms with Crippen LogP contribution in [0.15, 0.2) is 54.6 Å². The van der Waals surface area contributed by atoms with E-state index in [1.165, 1.54) is 55.5 Å². The standard InChI is InChI=1S/C22H29NO/c1-19-11-7-8-14-21(19)22(20-12-5-4-6-13-20)24-18-17-23-15-9-2-3-10-16-23/h4-8,11-14,22H,2-3,9-10,15-18H2,1H3. The summed E-state index contributed by atoms with van der Waals surface area (Å²) in [6.07, 6.45) is 5.46. The number of benzene rings is 2. The lowest BCUT2D eigenvalue weighted by Crippen LogP contribution is -2.29. The van der Waals surface area contributed by atoms with Crippen LogP contribution < -0.4 is 0 Å². The second kappa shape index (κ2) is 9.00. The monoisotopic (exact) mass is 323 g/mol. The molecule has 0 amide bonds. The average Bonchev–Trinajstić information content (AvgIpc) is 2.89. The highest BCUT2D eigenvalue weighted by atomic mass is 16.5. The molecule has 1 saturated heterocycles. The summed E-state index contributed by atoms with van der Waals surface area (Å²) in [5.41, 5.74) is 3.81. The van der Waals surface area contributed by atoms with E-state index < -0.39 is 0 Å². The largest absolute Gasteiger partial charge is 0.367 e. The molecule has 1 aliphatic rings. The van der Waals surface area contributed by atoms with Crippen molar-refractivity contribution in [3.8, 4) is 0 Å². The molecule has 2 aromatic rings. The quantitative estimate of drug-likeness (QED) is 0.743. The van der Waals surface area contributed by atoms with Crippen molar-refractivity contribution < 1.29 is 4.74 Å². The van der Waals surface area contributed by atoms with E-state index in [0.717, 1.165) is 13.2 Å². The van der Waals surface area contributed by atoms with Crippen molar-refractivity contribution in [3.63, 3.8) is 0 Å². The summed E-state index contributed by atoms with van der Waals surface area (Å²) < 4.78 is 6.40. The maximum atomic E-state index is 6.40. The number of hydrogen-bond donors (Lipinski definition) is 0. The molecule has 0 spiro atoms. The van der Waals surface area contributed by atoms with Crippen molar-refractivity contribution in [2.45, 2.75) is 38.7 Å². The van der Waals surface area contributed by atoms with Crippen LogP contribution in [0.3, 0.4) is 0 Å². The van der Waals surface area contributed by atoms with Gasteiger partial charge in [0.05, 0.1) is 6.61 Å². The highest BCUT2D eigenvalue weighted by Crippen LogP contribution is 2.28. The minimum Gasteiger partial charge on any atom is -0.367 e. The van der Waals surface area contributed by atoms with E-state index in [9.17, 15) is 0 Å². The molecule has 1 atom stereocenters. The van der Waals surface area contributed by atoms with Gasteiger partial charge in [-0.15, -0.1) is 0 Å². The van der Waals surface area contributed by atoms with Gasteiger partial charge in [0, 0.05) is 6.54 Å². The fraction of sp³-hybridized carbons (Fsp3) is 0.455. The highest BCUT2D eigenvalue weighted by molar-refractivity contribution is 5.35. The number of ether oxygens (including phenoxy) is 1. The Kier molecular flexibility index (Phi) is 6.45. The van der Waals surface area contributed by atoms with Crippen molar-refractivity contribution in [2.24, 2.45) is 0 Å². The predicted molar refractivity (Wildman–Crippen MR) is 100 cm³/mol. The summed E-state index contributed by atoms with van der Waals surface area (Å²) in [5.74, 6) is 0. The Balaban J connectivity index is 1.68. The van der Waals surface area contributed by atoms with Gasteiger partial charge in [0.2, 0.25) is 0 Å². The summed E-state index contributed by atoms with van der Waals surface area (Å²) in [4.78, 5) is 2.56. The summed E-state index contributed by atoms with van der Waals surface area (Å²) in [7, 11) is 0. The first-order chi connectivity index (χ1) is 11.8. The summed E-state index contributed by atoms with van der Waals surface area (Å²) >= 11 is 0. The Morgan fingerprint density at radius 3 is 2.25 bits per heavy atom. The van der Waals surface area contributed by atoms with Gasteiger partial charge >= 0.3 is 0 Å². The van der Waals surface area contributed by atoms with Crippen molar-refractivity contribution >= 4 is 0 Å². The minimum atomic E-state index is 0.0272. The Bertz CT molecular complexity index is 602. The topological polar surface area (TPSA) is 12.5 Å². The lowest BCUT2D eigenvalue weighted by molar-refractivity contribution is 0.0602. The maximum absolute atomic E-state index is 6.40. The van der Waals surface area contributed by atoms with E-state index >= 15 is 0 Å². The summed E-state index contributed by atoms with van der Waals surface area (Å²) in [5, 5.41) is 0. The van der Waals surface area contributed by atoms with Gasteiger partial charge in [0.25, 0.3) is 0 Å². The van der Waals surface area contributed by atoms with Gasteiger partial charge in [-0.1, -0.05) is 67.4 Å². The molecule has 1 aliphatic heterocycles. The zero-order valence-corrected chi connectivity index (χ0v) is 14.8. The molecule has 0 N–H and O–H groups in total. The number of rotatable bonds is 6. The van der Waals surface area contributed by atoms with Crippen molar-refractivity contribution in [3.05, 3.63) is 71.3 Å². The first kappa shape index (κ1) is 17.2. The summed E-state index contributed by atoms with van der Waals surface area (Å²) in [6.45, 7) is 6.44. The zero-order valence-electron chi connectivity index (χ0n) is 14.8. The molecule has 0 bridgehead atoms. The smallest absolute Gasteiger partial charge is 0.108 e. The Morgan fingerprint density at radius 1 is 0.875 bits per heavy atom. The van der Waals surface area contributed by atoms with E-state index in [4.69, 9.17) is 4.74 Å². The molecular weight excluding hydrogens is 294 g/mol. The van der Waals surface area contributed by atoms with E-state index in [2.05, 4.69) is 66.4 Å². The molecule has 1 unspecified atom stereocenters. The van der Waals surface area contributed by atoms with Gasteiger partial charge in [0.1, 0.15) is 6.10 Å². The van der Waals surface area contributed by atoms with Gasteiger partial charge in [-0.2, -0.15) is 0 Å². The molecular formula is C22H29NO. The first-order valence-electron chi connectivity index (χ1n) is 9.29. The van der Waals surface area contributed by atoms with Gasteiger partial charge in [-0.3, -0.25) is 0 Å². The number of hydrogen-bond acceptors (Lipinski definition) is 2. The van der Waals surface area contributed by atoms with Crippen LogP contribution in [-0.2, 0) is 4.74 Å². The third-order valence-electron chi connectivity index (χ3n) is 4.96. The SMILES string of the molecule is Cc1ccccc1C(OCCN1CCCCCC1)c1ccccc1. The number of nitrogens with zero attached hydrogens (tertiary/aromatic N) is 1. The van der Waals surface area contributed by atoms with Crippen molar-refractivity contribution in [1.82, 2.24) is 4.90 Å². The summed E-state index contributed by atoms with van der Waals surface area (Å²) in [6, 6.07) is 19.2. The van der Waals surface area contributed by atoms with Crippen LogP contribution in [0.5, 0.6) is 0 Å². The minimum absolute atomic E-state index is 0.0272. The normalized spacial score (nSPS) is 17.4. The molecule has 1 heterocycles. The molecule has 0 saturated carbocycles. The van der Waals surface area contributed by atoms with Crippen LogP contribution in [-0.4, -0.2) is 31.1 Å². The number of likely N-dealkylation sites (tertiary alicyclic amines) is 1. The van der Waals surface area contributed by atoms with Gasteiger partial charge in [0.15, 0.2) is 0 Å². The molecule has 2 aromatic carbocycles. The van der Waals surface area contributed by atoms with E-state index in [-0.39, 0.29) is 6.10 Å². The Hall–Kier alpha value is -1.64. The predicted octanol–water partition coefficient (Wildman–Crippen LogP) is 4.98. The molecule has 128 valence electrons. The zero-order chi connectivity index (χ0) is 16.6. The van der Waals surface area contributed by atoms with E-state index in [0.29, 0.717) is 0 Å². The molecule has 2 heteroatoms. The van der Waals surface area contributed by atoms with Gasteiger partial charge in [-0.25, -0.2) is 0 Å². The van der Waals surface area contributed by atoms with Crippen LogP contribution >= 0.6 is 0 Å². The van der Waals surface area contributed by atoms with Gasteiger partial charge in [-0.05, 0) is 49.5 Å². The van der Waals surface area contributed by atoms with E-state index in [1.54, 1.807) is 0 Å². The molecule has 2 nitrogen and oxygen atoms in total. The lowest BCUT2D eigenvalue weighted by atomic mass is 9.97. The van der Waals surface area contributed by atoms with Crippen molar-refractivity contribution in [2.75, 3.05) is 26.2 Å². The highest BCUT2D eigenvalue weighted by Gasteiger charge is 2.17. The maximum Gasteiger partial charge on any atom is 0.108 e. The number of aryl methyl sites for hydroxylation is 1. The van der Waals surface area contributed by atoms with Crippen LogP contribution in [0.2, 0.25) is 0 Å². The van der Waals surface area contributed by atoms with Crippen molar-refractivity contribution in [1.29, 1.82) is 0 Å². The first-order valence-corrected chi connectivity index (χ1v) is 9.29. The molecule has 1 fully saturated rings.